The van der Waals surface area contributed by atoms with Gasteiger partial charge in [-0.1, -0.05) is 19.9 Å². The van der Waals surface area contributed by atoms with E-state index in [0.29, 0.717) is 17.4 Å². The van der Waals surface area contributed by atoms with Gasteiger partial charge < -0.3 is 10.4 Å². The molecule has 0 aliphatic carbocycles. The number of nitro benzene ring substituents is 1. The van der Waals surface area contributed by atoms with Gasteiger partial charge in [0.2, 0.25) is 0 Å². The number of aliphatic hydroxyl groups excluding tert-OH is 1. The lowest BCUT2D eigenvalue weighted by Gasteiger charge is -2.26. The number of nitrogens with zero attached hydrogens (tertiary/aromatic N) is 1. The summed E-state index contributed by atoms with van der Waals surface area (Å²) in [6.07, 6.45) is 0.376. The molecule has 0 heterocycles. The minimum atomic E-state index is -0.398. The molecule has 0 bridgehead atoms. The molecule has 0 aliphatic heterocycles. The zero-order valence-corrected chi connectivity index (χ0v) is 13.6. The summed E-state index contributed by atoms with van der Waals surface area (Å²) in [4.78, 5) is 10.5. The predicted octanol–water partition coefficient (Wildman–Crippen LogP) is 3.24. The molecule has 1 aromatic rings. The molecule has 0 spiro atoms. The number of nitro groups is 1. The largest absolute Gasteiger partial charge is 0.393 e. The number of nitrogens with one attached hydrogen (secondary N) is 1. The van der Waals surface area contributed by atoms with Gasteiger partial charge in [0.05, 0.1) is 15.5 Å². The Kier molecular flexibility index (Phi) is 6.10. The van der Waals surface area contributed by atoms with E-state index in [-0.39, 0.29) is 17.2 Å². The Bertz CT molecular complexity index is 475. The van der Waals surface area contributed by atoms with Crippen molar-refractivity contribution in [2.45, 2.75) is 39.8 Å². The minimum absolute atomic E-state index is 0.0184. The minimum Gasteiger partial charge on any atom is -0.393 e. The van der Waals surface area contributed by atoms with Crippen molar-refractivity contribution in [2.75, 3.05) is 6.54 Å². The molecule has 0 amide bonds. The highest BCUT2D eigenvalue weighted by Crippen LogP contribution is 2.26. The Hall–Kier alpha value is -0.980. The number of hydrogen-bond acceptors (Lipinski definition) is 4. The lowest BCUT2D eigenvalue weighted by atomic mass is 9.87. The molecule has 1 unspecified atom stereocenters. The standard InChI is InChI=1S/C14H21BrN2O3/c1-10(18)7-14(2,3)9-16-8-11-4-5-12(15)13(6-11)17(19)20/h4-6,10,16,18H,7-9H2,1-3H3. The molecule has 0 saturated carbocycles. The summed E-state index contributed by atoms with van der Waals surface area (Å²) in [6, 6.07) is 5.11. The van der Waals surface area contributed by atoms with E-state index in [0.717, 1.165) is 12.1 Å². The molecule has 2 N–H and O–H groups in total. The van der Waals surface area contributed by atoms with E-state index >= 15 is 0 Å². The maximum Gasteiger partial charge on any atom is 0.283 e. The number of hydrogen-bond donors (Lipinski definition) is 2. The number of rotatable bonds is 7. The second-order valence-electron chi connectivity index (χ2n) is 5.86. The van der Waals surface area contributed by atoms with E-state index in [1.54, 1.807) is 19.1 Å². The highest BCUT2D eigenvalue weighted by atomic mass is 79.9. The molecular weight excluding hydrogens is 324 g/mol. The van der Waals surface area contributed by atoms with Crippen LogP contribution in [0.5, 0.6) is 0 Å². The summed E-state index contributed by atoms with van der Waals surface area (Å²) in [5.74, 6) is 0. The molecule has 112 valence electrons. The molecule has 0 radical (unpaired) electrons. The summed E-state index contributed by atoms with van der Waals surface area (Å²) in [5.41, 5.74) is 0.926. The van der Waals surface area contributed by atoms with E-state index in [1.807, 2.05) is 6.07 Å². The van der Waals surface area contributed by atoms with Gasteiger partial charge in [0, 0.05) is 19.2 Å². The van der Waals surface area contributed by atoms with Crippen LogP contribution < -0.4 is 5.32 Å². The zero-order valence-electron chi connectivity index (χ0n) is 12.0. The van der Waals surface area contributed by atoms with Gasteiger partial charge in [0.25, 0.3) is 5.69 Å². The van der Waals surface area contributed by atoms with E-state index < -0.39 is 4.92 Å². The van der Waals surface area contributed by atoms with Gasteiger partial charge in [-0.2, -0.15) is 0 Å². The Morgan fingerprint density at radius 2 is 2.15 bits per heavy atom. The topological polar surface area (TPSA) is 75.4 Å². The highest BCUT2D eigenvalue weighted by Gasteiger charge is 2.20. The first-order valence-corrected chi connectivity index (χ1v) is 7.32. The van der Waals surface area contributed by atoms with Crippen molar-refractivity contribution in [2.24, 2.45) is 5.41 Å². The van der Waals surface area contributed by atoms with Crippen molar-refractivity contribution < 1.29 is 10.0 Å². The average molecular weight is 345 g/mol. The lowest BCUT2D eigenvalue weighted by Crippen LogP contribution is -2.31. The van der Waals surface area contributed by atoms with Crippen LogP contribution in [0.3, 0.4) is 0 Å². The molecule has 0 saturated heterocycles. The molecule has 5 nitrogen and oxygen atoms in total. The van der Waals surface area contributed by atoms with Crippen molar-refractivity contribution in [3.8, 4) is 0 Å². The van der Waals surface area contributed by atoms with E-state index in [4.69, 9.17) is 0 Å². The summed E-state index contributed by atoms with van der Waals surface area (Å²) in [5, 5.41) is 23.6. The molecule has 1 rings (SSSR count). The Morgan fingerprint density at radius 3 is 2.70 bits per heavy atom. The fourth-order valence-electron chi connectivity index (χ4n) is 2.23. The first-order valence-electron chi connectivity index (χ1n) is 6.53. The first kappa shape index (κ1) is 17.1. The van der Waals surface area contributed by atoms with Crippen molar-refractivity contribution in [3.63, 3.8) is 0 Å². The average Bonchev–Trinajstić information content (AvgIpc) is 2.28. The van der Waals surface area contributed by atoms with Gasteiger partial charge in [0.1, 0.15) is 0 Å². The second kappa shape index (κ2) is 7.15. The van der Waals surface area contributed by atoms with E-state index in [2.05, 4.69) is 35.1 Å². The van der Waals surface area contributed by atoms with Crippen LogP contribution in [0.1, 0.15) is 32.8 Å². The molecule has 6 heteroatoms. The number of halogens is 1. The Morgan fingerprint density at radius 1 is 1.50 bits per heavy atom. The number of aliphatic hydroxyl groups is 1. The predicted molar refractivity (Wildman–Crippen MR) is 82.6 cm³/mol. The van der Waals surface area contributed by atoms with Crippen LogP contribution in [0.2, 0.25) is 0 Å². The van der Waals surface area contributed by atoms with Crippen LogP contribution >= 0.6 is 15.9 Å². The van der Waals surface area contributed by atoms with Crippen LogP contribution in [0, 0.1) is 15.5 Å². The normalized spacial score (nSPS) is 13.2. The molecular formula is C14H21BrN2O3. The summed E-state index contributed by atoms with van der Waals surface area (Å²) >= 11 is 3.17. The zero-order chi connectivity index (χ0) is 15.3. The van der Waals surface area contributed by atoms with E-state index in [1.165, 1.54) is 0 Å². The van der Waals surface area contributed by atoms with Crippen molar-refractivity contribution in [3.05, 3.63) is 38.3 Å². The molecule has 0 aliphatic rings. The van der Waals surface area contributed by atoms with Crippen LogP contribution in [0.25, 0.3) is 0 Å². The van der Waals surface area contributed by atoms with Crippen LogP contribution in [0.15, 0.2) is 22.7 Å². The highest BCUT2D eigenvalue weighted by molar-refractivity contribution is 9.10. The third-order valence-corrected chi connectivity index (χ3v) is 3.66. The molecule has 1 atom stereocenters. The summed E-state index contributed by atoms with van der Waals surface area (Å²) in [6.45, 7) is 7.24. The monoisotopic (exact) mass is 344 g/mol. The van der Waals surface area contributed by atoms with Crippen molar-refractivity contribution in [1.82, 2.24) is 5.32 Å². The third kappa shape index (κ3) is 5.56. The van der Waals surface area contributed by atoms with Crippen molar-refractivity contribution >= 4 is 21.6 Å². The summed E-state index contributed by atoms with van der Waals surface area (Å²) < 4.78 is 0.487. The third-order valence-electron chi connectivity index (χ3n) is 2.99. The maximum absolute atomic E-state index is 10.9. The van der Waals surface area contributed by atoms with Gasteiger partial charge in [-0.05, 0) is 46.3 Å². The van der Waals surface area contributed by atoms with Crippen LogP contribution in [0.4, 0.5) is 5.69 Å². The van der Waals surface area contributed by atoms with Gasteiger partial charge in [-0.25, -0.2) is 0 Å². The van der Waals surface area contributed by atoms with Gasteiger partial charge in [-0.15, -0.1) is 0 Å². The SMILES string of the molecule is CC(O)CC(C)(C)CNCc1ccc(Br)c([N+](=O)[O-])c1. The van der Waals surface area contributed by atoms with Gasteiger partial charge >= 0.3 is 0 Å². The smallest absolute Gasteiger partial charge is 0.283 e. The molecule has 20 heavy (non-hydrogen) atoms. The number of benzene rings is 1. The van der Waals surface area contributed by atoms with Gasteiger partial charge in [0.15, 0.2) is 0 Å². The lowest BCUT2D eigenvalue weighted by molar-refractivity contribution is -0.385. The fraction of sp³-hybridized carbons (Fsp3) is 0.571. The molecule has 0 fully saturated rings. The Labute approximate surface area is 127 Å². The quantitative estimate of drug-likeness (QED) is 0.588. The summed E-state index contributed by atoms with van der Waals surface area (Å²) in [7, 11) is 0. The Balaban J connectivity index is 2.58. The van der Waals surface area contributed by atoms with E-state index in [9.17, 15) is 15.2 Å². The first-order chi connectivity index (χ1) is 9.21. The second-order valence-corrected chi connectivity index (χ2v) is 6.72. The van der Waals surface area contributed by atoms with Crippen molar-refractivity contribution in [1.29, 1.82) is 0 Å². The molecule has 1 aromatic carbocycles. The fourth-order valence-corrected chi connectivity index (χ4v) is 2.62. The maximum atomic E-state index is 10.9. The van der Waals surface area contributed by atoms with Crippen LogP contribution in [-0.4, -0.2) is 22.7 Å². The van der Waals surface area contributed by atoms with Gasteiger partial charge in [-0.3, -0.25) is 10.1 Å². The van der Waals surface area contributed by atoms with Crippen LogP contribution in [-0.2, 0) is 6.54 Å². The molecule has 0 aromatic heterocycles.